The van der Waals surface area contributed by atoms with Crippen molar-refractivity contribution in [3.63, 3.8) is 0 Å². The lowest BCUT2D eigenvalue weighted by Crippen LogP contribution is -2.28. The minimum absolute atomic E-state index is 0.0771. The van der Waals surface area contributed by atoms with Crippen molar-refractivity contribution >= 4 is 17.7 Å². The van der Waals surface area contributed by atoms with Crippen LogP contribution < -0.4 is 5.32 Å². The number of hydrogen-bond donors (Lipinski definition) is 1. The van der Waals surface area contributed by atoms with Crippen LogP contribution in [0, 0.1) is 6.92 Å². The van der Waals surface area contributed by atoms with E-state index in [1.54, 1.807) is 11.8 Å². The average molecular weight is 380 g/mol. The molecule has 5 heteroatoms. The monoisotopic (exact) mass is 379 g/mol. The van der Waals surface area contributed by atoms with Crippen LogP contribution in [-0.2, 0) is 23.5 Å². The summed E-state index contributed by atoms with van der Waals surface area (Å²) in [5.74, 6) is 2.40. The maximum absolute atomic E-state index is 12.0. The third-order valence-electron chi connectivity index (χ3n) is 4.29. The molecule has 0 aliphatic rings. The van der Waals surface area contributed by atoms with Gasteiger partial charge in [0.25, 0.3) is 0 Å². The summed E-state index contributed by atoms with van der Waals surface area (Å²) in [6.45, 7) is 3.49. The number of imidazole rings is 1. The van der Waals surface area contributed by atoms with E-state index >= 15 is 0 Å². The molecule has 2 aromatic carbocycles. The van der Waals surface area contributed by atoms with Crippen LogP contribution in [0.5, 0.6) is 0 Å². The first-order valence-corrected chi connectivity index (χ1v) is 10.3. The van der Waals surface area contributed by atoms with Crippen LogP contribution in [0.1, 0.15) is 22.5 Å². The van der Waals surface area contributed by atoms with Gasteiger partial charge in [0.1, 0.15) is 5.82 Å². The van der Waals surface area contributed by atoms with Gasteiger partial charge in [-0.2, -0.15) is 0 Å². The molecular weight excluding hydrogens is 354 g/mol. The number of nitrogens with zero attached hydrogens (tertiary/aromatic N) is 2. The molecule has 4 nitrogen and oxygen atoms in total. The summed E-state index contributed by atoms with van der Waals surface area (Å²) >= 11 is 1.64. The number of aryl methyl sites for hydroxylation is 1. The van der Waals surface area contributed by atoms with E-state index in [9.17, 15) is 4.79 Å². The first-order valence-electron chi connectivity index (χ1n) is 9.14. The summed E-state index contributed by atoms with van der Waals surface area (Å²) < 4.78 is 2.13. The second-order valence-electron chi connectivity index (χ2n) is 6.54. The number of thioether (sulfide) groups is 1. The van der Waals surface area contributed by atoms with Crippen LogP contribution in [0.2, 0.25) is 0 Å². The Hall–Kier alpha value is -2.53. The van der Waals surface area contributed by atoms with E-state index in [4.69, 9.17) is 0 Å². The molecule has 0 aliphatic carbocycles. The Kier molecular flexibility index (Phi) is 7.11. The summed E-state index contributed by atoms with van der Waals surface area (Å²) in [6.07, 6.45) is 4.54. The van der Waals surface area contributed by atoms with Crippen molar-refractivity contribution in [3.05, 3.63) is 89.5 Å². The van der Waals surface area contributed by atoms with E-state index in [2.05, 4.69) is 58.2 Å². The molecule has 0 saturated carbocycles. The van der Waals surface area contributed by atoms with E-state index < -0.39 is 0 Å². The summed E-state index contributed by atoms with van der Waals surface area (Å²) in [5, 5.41) is 2.99. The number of benzene rings is 2. The van der Waals surface area contributed by atoms with Gasteiger partial charge in [-0.1, -0.05) is 60.2 Å². The van der Waals surface area contributed by atoms with E-state index in [0.29, 0.717) is 12.3 Å². The number of nitrogens with one attached hydrogen (secondary N) is 1. The number of hydrogen-bond acceptors (Lipinski definition) is 3. The molecule has 1 aromatic heterocycles. The maximum Gasteiger partial charge on any atom is 0.230 e. The number of carbonyl (C=O) groups excluding carboxylic acids is 1. The van der Waals surface area contributed by atoms with Crippen molar-refractivity contribution in [1.82, 2.24) is 14.9 Å². The first-order chi connectivity index (χ1) is 13.2. The molecule has 140 valence electrons. The van der Waals surface area contributed by atoms with Crippen molar-refractivity contribution in [1.29, 1.82) is 0 Å². The molecule has 0 unspecified atom stereocenters. The van der Waals surface area contributed by atoms with Gasteiger partial charge in [0.05, 0.1) is 5.75 Å². The fourth-order valence-corrected chi connectivity index (χ4v) is 3.62. The molecule has 1 heterocycles. The summed E-state index contributed by atoms with van der Waals surface area (Å²) in [6, 6.07) is 18.8. The van der Waals surface area contributed by atoms with Gasteiger partial charge < -0.3 is 9.88 Å². The van der Waals surface area contributed by atoms with E-state index in [1.165, 1.54) is 16.7 Å². The van der Waals surface area contributed by atoms with Gasteiger partial charge in [0.15, 0.2) is 0 Å². The zero-order chi connectivity index (χ0) is 18.9. The lowest BCUT2D eigenvalue weighted by Gasteiger charge is -2.09. The minimum atomic E-state index is 0.0771. The molecule has 1 N–H and O–H groups in total. The van der Waals surface area contributed by atoms with Gasteiger partial charge in [-0.15, -0.1) is 11.8 Å². The smallest absolute Gasteiger partial charge is 0.230 e. The van der Waals surface area contributed by atoms with Gasteiger partial charge in [-0.05, 0) is 18.1 Å². The topological polar surface area (TPSA) is 46.9 Å². The predicted molar refractivity (Wildman–Crippen MR) is 112 cm³/mol. The second-order valence-corrected chi connectivity index (χ2v) is 7.52. The Morgan fingerprint density at radius 1 is 1.07 bits per heavy atom. The third kappa shape index (κ3) is 6.29. The Balaban J connectivity index is 1.38. The molecular formula is C22H25N3OS. The zero-order valence-corrected chi connectivity index (χ0v) is 16.4. The van der Waals surface area contributed by atoms with Gasteiger partial charge in [0.2, 0.25) is 5.91 Å². The van der Waals surface area contributed by atoms with Crippen LogP contribution in [0.4, 0.5) is 0 Å². The number of rotatable bonds is 9. The fraction of sp³-hybridized carbons (Fsp3) is 0.273. The Morgan fingerprint density at radius 2 is 1.85 bits per heavy atom. The van der Waals surface area contributed by atoms with E-state index in [0.717, 1.165) is 24.5 Å². The van der Waals surface area contributed by atoms with E-state index in [-0.39, 0.29) is 5.91 Å². The fourth-order valence-electron chi connectivity index (χ4n) is 2.80. The molecule has 0 saturated heterocycles. The third-order valence-corrected chi connectivity index (χ3v) is 5.29. The summed E-state index contributed by atoms with van der Waals surface area (Å²) in [5.41, 5.74) is 3.75. The number of amides is 1. The molecule has 27 heavy (non-hydrogen) atoms. The van der Waals surface area contributed by atoms with Crippen LogP contribution in [0.25, 0.3) is 0 Å². The SMILES string of the molecule is Cc1ccc(CSCC(=O)NCCc2nccn2Cc2ccccc2)cc1. The highest BCUT2D eigenvalue weighted by molar-refractivity contribution is 7.99. The van der Waals surface area contributed by atoms with Crippen molar-refractivity contribution < 1.29 is 4.79 Å². The highest BCUT2D eigenvalue weighted by Gasteiger charge is 2.06. The Bertz CT molecular complexity index is 844. The lowest BCUT2D eigenvalue weighted by molar-refractivity contribution is -0.118. The second kappa shape index (κ2) is 9.97. The van der Waals surface area contributed by atoms with Gasteiger partial charge in [-0.25, -0.2) is 4.98 Å². The lowest BCUT2D eigenvalue weighted by atomic mass is 10.2. The average Bonchev–Trinajstić information content (AvgIpc) is 3.11. The molecule has 0 bridgehead atoms. The Labute approximate surface area is 165 Å². The van der Waals surface area contributed by atoms with E-state index in [1.807, 2.05) is 30.6 Å². The van der Waals surface area contributed by atoms with Crippen molar-refractivity contribution in [2.24, 2.45) is 0 Å². The molecule has 0 radical (unpaired) electrons. The summed E-state index contributed by atoms with van der Waals surface area (Å²) in [7, 11) is 0. The minimum Gasteiger partial charge on any atom is -0.355 e. The van der Waals surface area contributed by atoms with Crippen LogP contribution in [0.3, 0.4) is 0 Å². The Morgan fingerprint density at radius 3 is 2.63 bits per heavy atom. The normalized spacial score (nSPS) is 10.7. The van der Waals surface area contributed by atoms with Crippen LogP contribution in [0.15, 0.2) is 67.0 Å². The van der Waals surface area contributed by atoms with Crippen molar-refractivity contribution in [2.45, 2.75) is 25.6 Å². The van der Waals surface area contributed by atoms with Crippen molar-refractivity contribution in [2.75, 3.05) is 12.3 Å². The molecule has 3 aromatic rings. The van der Waals surface area contributed by atoms with Gasteiger partial charge in [-0.3, -0.25) is 4.79 Å². The largest absolute Gasteiger partial charge is 0.355 e. The van der Waals surface area contributed by atoms with Crippen LogP contribution >= 0.6 is 11.8 Å². The van der Waals surface area contributed by atoms with Gasteiger partial charge >= 0.3 is 0 Å². The number of carbonyl (C=O) groups is 1. The van der Waals surface area contributed by atoms with Gasteiger partial charge in [0, 0.05) is 37.7 Å². The molecule has 0 fully saturated rings. The molecule has 0 atom stereocenters. The highest BCUT2D eigenvalue weighted by atomic mass is 32.2. The number of aromatic nitrogens is 2. The molecule has 0 aliphatic heterocycles. The molecule has 0 spiro atoms. The molecule has 1 amide bonds. The zero-order valence-electron chi connectivity index (χ0n) is 15.6. The molecule has 3 rings (SSSR count). The first kappa shape index (κ1) is 19.2. The van der Waals surface area contributed by atoms with Crippen molar-refractivity contribution in [3.8, 4) is 0 Å². The quantitative estimate of drug-likeness (QED) is 0.615. The standard InChI is InChI=1S/C22H25N3OS/c1-18-7-9-20(10-8-18)16-27-17-22(26)24-12-11-21-23-13-14-25(21)15-19-5-3-2-4-6-19/h2-10,13-14H,11-12,15-17H2,1H3,(H,24,26). The summed E-state index contributed by atoms with van der Waals surface area (Å²) in [4.78, 5) is 16.5. The maximum atomic E-state index is 12.0. The predicted octanol–water partition coefficient (Wildman–Crippen LogP) is 3.83. The van der Waals surface area contributed by atoms with Crippen LogP contribution in [-0.4, -0.2) is 27.8 Å². The highest BCUT2D eigenvalue weighted by Crippen LogP contribution is 2.12.